The van der Waals surface area contributed by atoms with Crippen molar-refractivity contribution in [3.8, 4) is 5.75 Å². The highest BCUT2D eigenvalue weighted by atomic mass is 35.5. The largest absolute Gasteiger partial charge is 0.495 e. The number of hydrogen-bond donors (Lipinski definition) is 2. The Bertz CT molecular complexity index is 673. The Kier molecular flexibility index (Phi) is 5.63. The van der Waals surface area contributed by atoms with Crippen LogP contribution in [-0.2, 0) is 0 Å². The van der Waals surface area contributed by atoms with Gasteiger partial charge in [-0.1, -0.05) is 37.6 Å². The molecule has 0 aliphatic carbocycles. The maximum Gasteiger partial charge on any atom is 0.175 e. The molecule has 22 heavy (non-hydrogen) atoms. The van der Waals surface area contributed by atoms with Crippen LogP contribution < -0.4 is 15.4 Å². The number of nitrogens with one attached hydrogen (secondary N) is 2. The summed E-state index contributed by atoms with van der Waals surface area (Å²) >= 11 is 11.4. The zero-order valence-corrected chi connectivity index (χ0v) is 14.4. The molecule has 0 aliphatic rings. The van der Waals surface area contributed by atoms with Gasteiger partial charge < -0.3 is 15.4 Å². The SMILES string of the molecule is COc1ccc(NC(=S)Nc2cccc(C(C)C)c2)cc1Cl. The monoisotopic (exact) mass is 334 g/mol. The molecule has 3 nitrogen and oxygen atoms in total. The molecule has 0 unspecified atom stereocenters. The van der Waals surface area contributed by atoms with Gasteiger partial charge in [0.2, 0.25) is 0 Å². The lowest BCUT2D eigenvalue weighted by molar-refractivity contribution is 0.415. The van der Waals surface area contributed by atoms with Crippen molar-refractivity contribution >= 4 is 40.3 Å². The molecule has 5 heteroatoms. The van der Waals surface area contributed by atoms with E-state index in [0.29, 0.717) is 21.8 Å². The minimum atomic E-state index is 0.476. The van der Waals surface area contributed by atoms with E-state index in [-0.39, 0.29) is 0 Å². The Morgan fingerprint density at radius 2 is 1.77 bits per heavy atom. The number of rotatable bonds is 4. The topological polar surface area (TPSA) is 33.3 Å². The smallest absolute Gasteiger partial charge is 0.175 e. The molecule has 0 spiro atoms. The van der Waals surface area contributed by atoms with Gasteiger partial charge in [-0.05, 0) is 54.0 Å². The summed E-state index contributed by atoms with van der Waals surface area (Å²) in [6, 6.07) is 13.6. The predicted molar refractivity (Wildman–Crippen MR) is 98.4 cm³/mol. The maximum atomic E-state index is 6.10. The summed E-state index contributed by atoms with van der Waals surface area (Å²) in [5.74, 6) is 1.11. The van der Waals surface area contributed by atoms with Crippen LogP contribution in [0.5, 0.6) is 5.75 Å². The molecule has 0 heterocycles. The van der Waals surface area contributed by atoms with Crippen molar-refractivity contribution in [2.75, 3.05) is 17.7 Å². The van der Waals surface area contributed by atoms with Gasteiger partial charge in [0.15, 0.2) is 5.11 Å². The lowest BCUT2D eigenvalue weighted by atomic mass is 10.0. The van der Waals surface area contributed by atoms with E-state index in [2.05, 4.69) is 36.6 Å². The number of ether oxygens (including phenoxy) is 1. The van der Waals surface area contributed by atoms with Gasteiger partial charge in [-0.25, -0.2) is 0 Å². The normalized spacial score (nSPS) is 10.4. The molecule has 0 radical (unpaired) electrons. The summed E-state index contributed by atoms with van der Waals surface area (Å²) in [7, 11) is 1.59. The summed E-state index contributed by atoms with van der Waals surface area (Å²) in [5.41, 5.74) is 3.03. The first-order valence-corrected chi connectivity index (χ1v) is 7.79. The molecule has 0 fully saturated rings. The van der Waals surface area contributed by atoms with E-state index in [1.807, 2.05) is 18.2 Å². The molecule has 0 amide bonds. The van der Waals surface area contributed by atoms with Gasteiger partial charge in [-0.15, -0.1) is 0 Å². The average molecular weight is 335 g/mol. The van der Waals surface area contributed by atoms with Gasteiger partial charge in [-0.2, -0.15) is 0 Å². The number of hydrogen-bond acceptors (Lipinski definition) is 2. The highest BCUT2D eigenvalue weighted by Gasteiger charge is 2.05. The van der Waals surface area contributed by atoms with Crippen LogP contribution in [-0.4, -0.2) is 12.2 Å². The van der Waals surface area contributed by atoms with E-state index < -0.39 is 0 Å². The third kappa shape index (κ3) is 4.36. The van der Waals surface area contributed by atoms with Crippen LogP contribution in [0.25, 0.3) is 0 Å². The average Bonchev–Trinajstić information content (AvgIpc) is 2.47. The van der Waals surface area contributed by atoms with Crippen molar-refractivity contribution in [1.82, 2.24) is 0 Å². The number of halogens is 1. The van der Waals surface area contributed by atoms with E-state index >= 15 is 0 Å². The molecule has 0 saturated carbocycles. The standard InChI is InChI=1S/C17H19ClN2OS/c1-11(2)12-5-4-6-13(9-12)19-17(22)20-14-7-8-16(21-3)15(18)10-14/h4-11H,1-3H3,(H2,19,20,22). The van der Waals surface area contributed by atoms with Crippen LogP contribution in [0.3, 0.4) is 0 Å². The summed E-state index contributed by atoms with van der Waals surface area (Å²) < 4.78 is 5.13. The molecule has 2 aromatic carbocycles. The van der Waals surface area contributed by atoms with E-state index in [1.54, 1.807) is 19.2 Å². The fraction of sp³-hybridized carbons (Fsp3) is 0.235. The first-order chi connectivity index (χ1) is 10.5. The molecule has 2 aromatic rings. The van der Waals surface area contributed by atoms with E-state index in [9.17, 15) is 0 Å². The second kappa shape index (κ2) is 7.47. The second-order valence-corrected chi connectivity index (χ2v) is 6.02. The van der Waals surface area contributed by atoms with Crippen molar-refractivity contribution in [1.29, 1.82) is 0 Å². The first kappa shape index (κ1) is 16.6. The fourth-order valence-corrected chi connectivity index (χ4v) is 2.51. The molecule has 116 valence electrons. The molecular formula is C17H19ClN2OS. The molecule has 0 bridgehead atoms. The zero-order valence-electron chi connectivity index (χ0n) is 12.8. The molecule has 0 aliphatic heterocycles. The third-order valence-corrected chi connectivity index (χ3v) is 3.72. The molecule has 2 rings (SSSR count). The molecule has 2 N–H and O–H groups in total. The predicted octanol–water partition coefficient (Wildman–Crippen LogP) is 5.28. The molecule has 0 atom stereocenters. The summed E-state index contributed by atoms with van der Waals surface area (Å²) in [4.78, 5) is 0. The number of anilines is 2. The van der Waals surface area contributed by atoms with Gasteiger partial charge >= 0.3 is 0 Å². The van der Waals surface area contributed by atoms with Gasteiger partial charge in [0.05, 0.1) is 12.1 Å². The first-order valence-electron chi connectivity index (χ1n) is 7.01. The summed E-state index contributed by atoms with van der Waals surface area (Å²) in [6.45, 7) is 4.32. The maximum absolute atomic E-state index is 6.10. The Morgan fingerprint density at radius 3 is 2.36 bits per heavy atom. The lowest BCUT2D eigenvalue weighted by Crippen LogP contribution is -2.19. The van der Waals surface area contributed by atoms with Crippen LogP contribution in [0, 0.1) is 0 Å². The van der Waals surface area contributed by atoms with Crippen LogP contribution in [0.1, 0.15) is 25.3 Å². The Balaban J connectivity index is 2.04. The fourth-order valence-electron chi connectivity index (χ4n) is 2.01. The molecule has 0 saturated heterocycles. The number of thiocarbonyl (C=S) groups is 1. The molecule has 0 aromatic heterocycles. The Labute approximate surface area is 141 Å². The zero-order chi connectivity index (χ0) is 16.1. The van der Waals surface area contributed by atoms with Crippen molar-refractivity contribution in [3.05, 3.63) is 53.1 Å². The number of benzene rings is 2. The van der Waals surface area contributed by atoms with Crippen LogP contribution in [0.4, 0.5) is 11.4 Å². The Hall–Kier alpha value is -1.78. The van der Waals surface area contributed by atoms with Crippen molar-refractivity contribution in [2.24, 2.45) is 0 Å². The van der Waals surface area contributed by atoms with Crippen LogP contribution >= 0.6 is 23.8 Å². The Morgan fingerprint density at radius 1 is 1.09 bits per heavy atom. The van der Waals surface area contributed by atoms with Gasteiger partial charge in [0.1, 0.15) is 5.75 Å². The summed E-state index contributed by atoms with van der Waals surface area (Å²) in [5, 5.41) is 7.35. The van der Waals surface area contributed by atoms with Crippen LogP contribution in [0.2, 0.25) is 5.02 Å². The number of methoxy groups -OCH3 is 1. The van der Waals surface area contributed by atoms with E-state index in [4.69, 9.17) is 28.6 Å². The van der Waals surface area contributed by atoms with Crippen molar-refractivity contribution < 1.29 is 4.74 Å². The van der Waals surface area contributed by atoms with Crippen molar-refractivity contribution in [2.45, 2.75) is 19.8 Å². The van der Waals surface area contributed by atoms with Gasteiger partial charge in [-0.3, -0.25) is 0 Å². The highest BCUT2D eigenvalue weighted by molar-refractivity contribution is 7.80. The van der Waals surface area contributed by atoms with Crippen molar-refractivity contribution in [3.63, 3.8) is 0 Å². The minimum absolute atomic E-state index is 0.476. The minimum Gasteiger partial charge on any atom is -0.495 e. The van der Waals surface area contributed by atoms with E-state index in [0.717, 1.165) is 11.4 Å². The summed E-state index contributed by atoms with van der Waals surface area (Å²) in [6.07, 6.45) is 0. The van der Waals surface area contributed by atoms with Gasteiger partial charge in [0.25, 0.3) is 0 Å². The van der Waals surface area contributed by atoms with Crippen LogP contribution in [0.15, 0.2) is 42.5 Å². The lowest BCUT2D eigenvalue weighted by Gasteiger charge is -2.13. The second-order valence-electron chi connectivity index (χ2n) is 5.21. The molecular weight excluding hydrogens is 316 g/mol. The highest BCUT2D eigenvalue weighted by Crippen LogP contribution is 2.27. The van der Waals surface area contributed by atoms with Gasteiger partial charge in [0, 0.05) is 11.4 Å². The quantitative estimate of drug-likeness (QED) is 0.745. The van der Waals surface area contributed by atoms with E-state index in [1.165, 1.54) is 5.56 Å². The third-order valence-electron chi connectivity index (χ3n) is 3.22.